The number of carbonyl (C=O) groups excluding carboxylic acids is 1. The fraction of sp³-hybridized carbons (Fsp3) is 0.0976. The van der Waals surface area contributed by atoms with E-state index in [1.165, 1.54) is 17.9 Å². The van der Waals surface area contributed by atoms with Gasteiger partial charge in [0, 0.05) is 22.2 Å². The Morgan fingerprint density at radius 1 is 0.824 bits per heavy atom. The highest BCUT2D eigenvalue weighted by atomic mass is 79.9. The fourth-order valence-electron chi connectivity index (χ4n) is 2.21. The predicted molar refractivity (Wildman–Crippen MR) is 225 cm³/mol. The molecule has 0 atom stereocenters. The highest BCUT2D eigenvalue weighted by Crippen LogP contribution is 2.36. The van der Waals surface area contributed by atoms with E-state index in [9.17, 15) is 4.79 Å². The Kier molecular flexibility index (Phi) is 40.6. The number of rotatable bonds is 9. The molecule has 270 valence electrons. The van der Waals surface area contributed by atoms with Gasteiger partial charge in [-0.2, -0.15) is 10.5 Å². The first-order valence-electron chi connectivity index (χ1n) is 14.4. The van der Waals surface area contributed by atoms with E-state index in [0.29, 0.717) is 17.1 Å². The molecule has 0 aliphatic carbocycles. The van der Waals surface area contributed by atoms with Crippen molar-refractivity contribution in [2.24, 2.45) is 0 Å². The van der Waals surface area contributed by atoms with Crippen molar-refractivity contribution in [2.45, 2.75) is 6.92 Å². The van der Waals surface area contributed by atoms with Crippen molar-refractivity contribution in [3.63, 3.8) is 0 Å². The molecule has 0 saturated heterocycles. The molecule has 0 amide bonds. The summed E-state index contributed by atoms with van der Waals surface area (Å²) in [5.41, 5.74) is 2.75. The number of esters is 1. The van der Waals surface area contributed by atoms with Crippen LogP contribution in [0.2, 0.25) is 0 Å². The van der Waals surface area contributed by atoms with Crippen molar-refractivity contribution < 1.29 is 24.1 Å². The van der Waals surface area contributed by atoms with Crippen LogP contribution in [0.4, 0.5) is 0 Å². The molecule has 51 heavy (non-hydrogen) atoms. The maximum Gasteiger partial charge on any atom is 0.330 e. The van der Waals surface area contributed by atoms with Crippen molar-refractivity contribution in [1.82, 2.24) is 0 Å². The summed E-state index contributed by atoms with van der Waals surface area (Å²) in [5.74, 6) is 0.506. The third-order valence-electron chi connectivity index (χ3n) is 4.48. The van der Waals surface area contributed by atoms with E-state index < -0.39 is 5.97 Å². The zero-order valence-corrected chi connectivity index (χ0v) is 33.8. The molecule has 0 fully saturated rings. The second-order valence-electron chi connectivity index (χ2n) is 8.43. The number of methoxy groups -OCH3 is 1. The molecule has 0 bridgehead atoms. The van der Waals surface area contributed by atoms with Crippen LogP contribution in [0.15, 0.2) is 169 Å². The van der Waals surface area contributed by atoms with Crippen LogP contribution in [-0.2, 0) is 14.3 Å². The minimum atomic E-state index is -0.456. The minimum absolute atomic E-state index is 0.180. The van der Waals surface area contributed by atoms with Gasteiger partial charge in [-0.25, -0.2) is 4.79 Å². The van der Waals surface area contributed by atoms with Crippen LogP contribution >= 0.6 is 47.8 Å². The summed E-state index contributed by atoms with van der Waals surface area (Å²) in [4.78, 5) is 10.8. The number of aromatic hydroxyl groups is 1. The van der Waals surface area contributed by atoms with Gasteiger partial charge in [-0.15, -0.1) is 0 Å². The van der Waals surface area contributed by atoms with Gasteiger partial charge in [0.2, 0.25) is 0 Å². The van der Waals surface area contributed by atoms with Gasteiger partial charge in [0.15, 0.2) is 0 Å². The molecule has 3 aromatic carbocycles. The van der Waals surface area contributed by atoms with Crippen LogP contribution in [0.1, 0.15) is 18.1 Å². The Morgan fingerprint density at radius 3 is 1.57 bits per heavy atom. The van der Waals surface area contributed by atoms with Crippen molar-refractivity contribution >= 4 is 65.9 Å². The zero-order chi connectivity index (χ0) is 39.9. The van der Waals surface area contributed by atoms with E-state index in [4.69, 9.17) is 25.1 Å². The molecular formula is C41H45Br3N2O5. The minimum Gasteiger partial charge on any atom is -0.508 e. The lowest BCUT2D eigenvalue weighted by molar-refractivity contribution is -0.138. The lowest BCUT2D eigenvalue weighted by Crippen LogP contribution is -2.10. The molecule has 0 spiro atoms. The molecule has 3 rings (SSSR count). The van der Waals surface area contributed by atoms with Gasteiger partial charge in [0.25, 0.3) is 0 Å². The number of halogens is 3. The second-order valence-corrected chi connectivity index (χ2v) is 11.1. The number of benzene rings is 3. The van der Waals surface area contributed by atoms with Crippen molar-refractivity contribution in [1.29, 1.82) is 10.5 Å². The molecule has 3 aromatic rings. The Hall–Kier alpha value is -5.13. The SMILES string of the molecule is C=C(C)C#N.C=CC#N.C=CC(=O)OCCOc1c(Br)cc(Br)cc1Br.C=CC=C.C=COC.C=Cc1ccc(O)cc1.C=Cc1ccccc1. The normalized spacial score (nSPS) is 7.82. The van der Waals surface area contributed by atoms with Crippen LogP contribution < -0.4 is 4.74 Å². The molecule has 0 aliphatic heterocycles. The van der Waals surface area contributed by atoms with E-state index in [-0.39, 0.29) is 13.2 Å². The molecule has 7 nitrogen and oxygen atoms in total. The van der Waals surface area contributed by atoms with E-state index in [0.717, 1.165) is 25.1 Å². The molecule has 0 saturated carbocycles. The summed E-state index contributed by atoms with van der Waals surface area (Å²) < 4.78 is 17.2. The maximum atomic E-state index is 10.8. The van der Waals surface area contributed by atoms with Crippen molar-refractivity contribution in [3.05, 3.63) is 180 Å². The lowest BCUT2D eigenvalue weighted by Gasteiger charge is -2.10. The van der Waals surface area contributed by atoms with Gasteiger partial charge in [0.1, 0.15) is 24.7 Å². The number of allylic oxidation sites excluding steroid dienone is 4. The van der Waals surface area contributed by atoms with E-state index >= 15 is 0 Å². The molecule has 0 unspecified atom stereocenters. The Morgan fingerprint density at radius 2 is 1.25 bits per heavy atom. The monoisotopic (exact) mass is 882 g/mol. The third-order valence-corrected chi connectivity index (χ3v) is 6.12. The smallest absolute Gasteiger partial charge is 0.330 e. The Labute approximate surface area is 329 Å². The quantitative estimate of drug-likeness (QED) is 0.0569. The number of hydrogen-bond donors (Lipinski definition) is 1. The van der Waals surface area contributed by atoms with Crippen LogP contribution in [0.3, 0.4) is 0 Å². The number of nitrogens with zero attached hydrogens (tertiary/aromatic N) is 2. The number of ether oxygens (including phenoxy) is 3. The van der Waals surface area contributed by atoms with Crippen LogP contribution in [-0.4, -0.2) is 31.4 Å². The van der Waals surface area contributed by atoms with Crippen LogP contribution in [0.25, 0.3) is 12.2 Å². The number of carbonyl (C=O) groups is 1. The largest absolute Gasteiger partial charge is 0.508 e. The highest BCUT2D eigenvalue weighted by molar-refractivity contribution is 9.11. The summed E-state index contributed by atoms with van der Waals surface area (Å²) in [7, 11) is 1.56. The average molecular weight is 886 g/mol. The molecule has 0 radical (unpaired) electrons. The van der Waals surface area contributed by atoms with Gasteiger partial charge in [-0.05, 0) is 74.2 Å². The van der Waals surface area contributed by atoms with Gasteiger partial charge in [-0.3, -0.25) is 0 Å². The van der Waals surface area contributed by atoms with Gasteiger partial charge in [-0.1, -0.05) is 135 Å². The second kappa shape index (κ2) is 39.3. The van der Waals surface area contributed by atoms with E-state index in [2.05, 4.69) is 105 Å². The first-order valence-corrected chi connectivity index (χ1v) is 16.8. The lowest BCUT2D eigenvalue weighted by atomic mass is 10.2. The predicted octanol–water partition coefficient (Wildman–Crippen LogP) is 12.4. The average Bonchev–Trinajstić information content (AvgIpc) is 3.15. The highest BCUT2D eigenvalue weighted by Gasteiger charge is 2.08. The summed E-state index contributed by atoms with van der Waals surface area (Å²) in [5, 5.41) is 24.1. The number of phenols is 1. The summed E-state index contributed by atoms with van der Waals surface area (Å²) in [6.07, 6.45) is 10.5. The van der Waals surface area contributed by atoms with E-state index in [1.54, 1.807) is 50.5 Å². The number of phenolic OH excluding ortho intramolecular Hbond substituents is 1. The van der Waals surface area contributed by atoms with Crippen LogP contribution in [0.5, 0.6) is 11.5 Å². The fourth-order valence-corrected chi connectivity index (χ4v) is 4.70. The molecule has 0 aliphatic rings. The molecule has 0 aromatic heterocycles. The summed E-state index contributed by atoms with van der Waals surface area (Å²) in [6, 6.07) is 24.2. The topological polar surface area (TPSA) is 113 Å². The van der Waals surface area contributed by atoms with E-state index in [1.807, 2.05) is 66.7 Å². The Bertz CT molecular complexity index is 1530. The number of hydrogen-bond acceptors (Lipinski definition) is 7. The molecule has 10 heteroatoms. The summed E-state index contributed by atoms with van der Waals surface area (Å²) >= 11 is 10.1. The molecular weight excluding hydrogens is 840 g/mol. The third kappa shape index (κ3) is 37.5. The van der Waals surface area contributed by atoms with Crippen molar-refractivity contribution in [2.75, 3.05) is 20.3 Å². The van der Waals surface area contributed by atoms with Gasteiger partial charge in [0.05, 0.1) is 34.5 Å². The first-order chi connectivity index (χ1) is 24.3. The first kappa shape index (κ1) is 52.7. The number of nitriles is 2. The van der Waals surface area contributed by atoms with Gasteiger partial charge < -0.3 is 19.3 Å². The van der Waals surface area contributed by atoms with Crippen molar-refractivity contribution in [3.8, 4) is 23.6 Å². The maximum absolute atomic E-state index is 10.8. The zero-order valence-electron chi connectivity index (χ0n) is 29.1. The molecule has 0 heterocycles. The Balaban J connectivity index is -0.000000277. The van der Waals surface area contributed by atoms with Gasteiger partial charge >= 0.3 is 5.97 Å². The van der Waals surface area contributed by atoms with Crippen LogP contribution in [0, 0.1) is 22.7 Å². The molecule has 1 N–H and O–H groups in total. The summed E-state index contributed by atoms with van der Waals surface area (Å²) in [6.45, 7) is 29.0. The standard InChI is InChI=1S/C11H9Br3O3.C8H8O.C8H8.C4H5N.C4H6.C3H3N.C3H6O/c1-2-10(15)16-3-4-17-11-8(13)5-7(12)6-9(11)14;1-2-7-3-5-8(9)6-4-7;1-2-8-6-4-3-5-7-8;1-4(2)3-5;1-3-4-2;1-2-3-4;1-3-4-2/h2,5-6H,1,3-4H2;2-6,9H,1H2;2-7H,1H2;1H2,2H3;3-4H,1-2H2;2H,1H2;3H,1H2,2H3.